The highest BCUT2D eigenvalue weighted by atomic mass is 19.3. The number of aromatic nitrogens is 2. The Labute approximate surface area is 198 Å². The molecule has 1 atom stereocenters. The minimum Gasteiger partial charge on any atom is -0.496 e. The first-order chi connectivity index (χ1) is 16.4. The summed E-state index contributed by atoms with van der Waals surface area (Å²) in [5.41, 5.74) is 3.23. The summed E-state index contributed by atoms with van der Waals surface area (Å²) < 4.78 is 38.6. The Morgan fingerprint density at radius 1 is 1.21 bits per heavy atom. The lowest BCUT2D eigenvalue weighted by atomic mass is 10.00. The van der Waals surface area contributed by atoms with Crippen molar-refractivity contribution < 1.29 is 23.0 Å². The molecular weight excluding hydrogens is 440 g/mol. The minimum absolute atomic E-state index is 0.0719. The Balaban J connectivity index is 1.75. The van der Waals surface area contributed by atoms with Crippen molar-refractivity contribution in [1.29, 1.82) is 0 Å². The van der Waals surface area contributed by atoms with Gasteiger partial charge in [-0.05, 0) is 68.6 Å². The van der Waals surface area contributed by atoms with Crippen LogP contribution in [-0.2, 0) is 0 Å². The number of Topliss-reactive ketones (excluding diaryl/α,β-unsaturated/α-hetero) is 1. The molecule has 0 bridgehead atoms. The molecule has 2 heterocycles. The van der Waals surface area contributed by atoms with E-state index in [1.807, 2.05) is 22.7 Å². The summed E-state index contributed by atoms with van der Waals surface area (Å²) in [7, 11) is 1.43. The highest BCUT2D eigenvalue weighted by Gasteiger charge is 2.30. The molecule has 1 aromatic carbocycles. The Morgan fingerprint density at radius 2 is 1.91 bits per heavy atom. The van der Waals surface area contributed by atoms with Gasteiger partial charge in [0.2, 0.25) is 0 Å². The van der Waals surface area contributed by atoms with E-state index in [1.54, 1.807) is 12.3 Å². The molecule has 182 valence electrons. The molecule has 1 aliphatic carbocycles. The van der Waals surface area contributed by atoms with E-state index >= 15 is 0 Å². The predicted octanol–water partition coefficient (Wildman–Crippen LogP) is 6.00. The second-order valence-corrected chi connectivity index (χ2v) is 8.73. The molecule has 0 radical (unpaired) electrons. The fourth-order valence-corrected chi connectivity index (χ4v) is 4.50. The van der Waals surface area contributed by atoms with Gasteiger partial charge in [0.15, 0.2) is 5.78 Å². The lowest BCUT2D eigenvalue weighted by Crippen LogP contribution is -2.26. The van der Waals surface area contributed by atoms with E-state index in [4.69, 9.17) is 9.47 Å². The second kappa shape index (κ2) is 10.1. The monoisotopic (exact) mass is 471 g/mol. The van der Waals surface area contributed by atoms with Crippen LogP contribution in [0.1, 0.15) is 62.0 Å². The summed E-state index contributed by atoms with van der Waals surface area (Å²) in [4.78, 5) is 19.8. The van der Waals surface area contributed by atoms with E-state index in [9.17, 15) is 13.6 Å². The van der Waals surface area contributed by atoms with Crippen LogP contribution >= 0.6 is 0 Å². The fraction of sp³-hybridized carbons (Fsp3) is 0.462. The molecule has 1 unspecified atom stereocenters. The van der Waals surface area contributed by atoms with Gasteiger partial charge in [-0.25, -0.2) is 4.98 Å². The summed E-state index contributed by atoms with van der Waals surface area (Å²) >= 11 is 0. The number of carbonyl (C=O) groups is 1. The van der Waals surface area contributed by atoms with Crippen molar-refractivity contribution in [3.05, 3.63) is 47.8 Å². The zero-order valence-electron chi connectivity index (χ0n) is 20.1. The number of carbonyl (C=O) groups excluding carboxylic acids is 1. The number of ether oxygens (including phenoxy) is 2. The van der Waals surface area contributed by atoms with Crippen molar-refractivity contribution in [1.82, 2.24) is 14.3 Å². The van der Waals surface area contributed by atoms with Crippen molar-refractivity contribution in [3.63, 3.8) is 0 Å². The normalized spacial score (nSPS) is 14.7. The first-order valence-electron chi connectivity index (χ1n) is 11.8. The number of rotatable bonds is 11. The highest BCUT2D eigenvalue weighted by molar-refractivity contribution is 6.02. The standard InChI is InChI=1S/C26H31F2N3O3/c1-5-30(6-2)16(3)18-9-10-31-20(15-29-24(31)14-18)19-12-22(33-4)25(21(32)11-17-7-8-17)23(13-19)34-26(27)28/h9-10,12-17,26H,5-8,11H2,1-4H3. The number of imidazole rings is 1. The number of fused-ring (bicyclic) bond motifs is 1. The van der Waals surface area contributed by atoms with Crippen molar-refractivity contribution >= 4 is 11.4 Å². The van der Waals surface area contributed by atoms with Gasteiger partial charge in [-0.3, -0.25) is 14.1 Å². The average Bonchev–Trinajstić information content (AvgIpc) is 3.53. The number of benzene rings is 1. The summed E-state index contributed by atoms with van der Waals surface area (Å²) in [5, 5.41) is 0. The molecule has 8 heteroatoms. The van der Waals surface area contributed by atoms with E-state index in [0.29, 0.717) is 23.6 Å². The molecule has 2 aromatic heterocycles. The zero-order valence-corrected chi connectivity index (χ0v) is 20.1. The van der Waals surface area contributed by atoms with Crippen LogP contribution in [0.25, 0.3) is 16.9 Å². The predicted molar refractivity (Wildman–Crippen MR) is 127 cm³/mol. The first kappa shape index (κ1) is 24.1. The van der Waals surface area contributed by atoms with Gasteiger partial charge in [-0.2, -0.15) is 8.78 Å². The Morgan fingerprint density at radius 3 is 2.53 bits per heavy atom. The van der Waals surface area contributed by atoms with Crippen LogP contribution in [0.15, 0.2) is 36.7 Å². The summed E-state index contributed by atoms with van der Waals surface area (Å²) in [5.74, 6) is 0.120. The van der Waals surface area contributed by atoms with Gasteiger partial charge < -0.3 is 9.47 Å². The number of hydrogen-bond donors (Lipinski definition) is 0. The van der Waals surface area contributed by atoms with Crippen LogP contribution in [0, 0.1) is 5.92 Å². The molecule has 4 rings (SSSR count). The summed E-state index contributed by atoms with van der Waals surface area (Å²) in [6, 6.07) is 7.48. The molecule has 1 fully saturated rings. The molecule has 1 saturated carbocycles. The second-order valence-electron chi connectivity index (χ2n) is 8.73. The van der Waals surface area contributed by atoms with Gasteiger partial charge in [0, 0.05) is 24.2 Å². The van der Waals surface area contributed by atoms with Gasteiger partial charge in [-0.1, -0.05) is 13.8 Å². The van der Waals surface area contributed by atoms with E-state index in [2.05, 4.69) is 30.7 Å². The van der Waals surface area contributed by atoms with Crippen LogP contribution in [-0.4, -0.2) is 46.9 Å². The van der Waals surface area contributed by atoms with E-state index in [1.165, 1.54) is 13.2 Å². The molecule has 34 heavy (non-hydrogen) atoms. The zero-order chi connectivity index (χ0) is 24.4. The lowest BCUT2D eigenvalue weighted by molar-refractivity contribution is -0.0502. The van der Waals surface area contributed by atoms with Crippen LogP contribution < -0.4 is 9.47 Å². The number of nitrogens with zero attached hydrogens (tertiary/aromatic N) is 3. The Hall–Kier alpha value is -3.00. The number of ketones is 1. The minimum atomic E-state index is -3.06. The van der Waals surface area contributed by atoms with Crippen molar-refractivity contribution in [2.24, 2.45) is 5.92 Å². The highest BCUT2D eigenvalue weighted by Crippen LogP contribution is 2.40. The topological polar surface area (TPSA) is 56.1 Å². The van der Waals surface area contributed by atoms with Crippen LogP contribution in [0.2, 0.25) is 0 Å². The third kappa shape index (κ3) is 4.92. The number of methoxy groups -OCH3 is 1. The molecule has 0 aliphatic heterocycles. The molecule has 6 nitrogen and oxygen atoms in total. The third-order valence-electron chi connectivity index (χ3n) is 6.63. The van der Waals surface area contributed by atoms with Gasteiger partial charge >= 0.3 is 6.61 Å². The van der Waals surface area contributed by atoms with Crippen molar-refractivity contribution in [3.8, 4) is 22.8 Å². The molecule has 1 aliphatic rings. The number of halogens is 2. The smallest absolute Gasteiger partial charge is 0.387 e. The summed E-state index contributed by atoms with van der Waals surface area (Å²) in [6.07, 6.45) is 5.88. The van der Waals surface area contributed by atoms with E-state index < -0.39 is 6.61 Å². The summed E-state index contributed by atoms with van der Waals surface area (Å²) in [6.45, 7) is 5.27. The molecular formula is C26H31F2N3O3. The molecule has 0 N–H and O–H groups in total. The third-order valence-corrected chi connectivity index (χ3v) is 6.63. The quantitative estimate of drug-likeness (QED) is 0.321. The number of pyridine rings is 1. The maximum Gasteiger partial charge on any atom is 0.387 e. The lowest BCUT2D eigenvalue weighted by Gasteiger charge is -2.26. The molecule has 0 saturated heterocycles. The number of alkyl halides is 2. The largest absolute Gasteiger partial charge is 0.496 e. The maximum atomic E-state index is 13.2. The van der Waals surface area contributed by atoms with Crippen LogP contribution in [0.4, 0.5) is 8.78 Å². The maximum absolute atomic E-state index is 13.2. The van der Waals surface area contributed by atoms with E-state index in [-0.39, 0.29) is 28.9 Å². The van der Waals surface area contributed by atoms with Crippen molar-refractivity contribution in [2.75, 3.05) is 20.2 Å². The molecule has 0 spiro atoms. The molecule has 3 aromatic rings. The van der Waals surface area contributed by atoms with Crippen LogP contribution in [0.5, 0.6) is 11.5 Å². The van der Waals surface area contributed by atoms with Gasteiger partial charge in [0.25, 0.3) is 0 Å². The van der Waals surface area contributed by atoms with Crippen molar-refractivity contribution in [2.45, 2.75) is 52.7 Å². The fourth-order valence-electron chi connectivity index (χ4n) is 4.50. The van der Waals surface area contributed by atoms with Crippen LogP contribution in [0.3, 0.4) is 0 Å². The Bertz CT molecular complexity index is 1170. The average molecular weight is 472 g/mol. The SMILES string of the molecule is CCN(CC)C(C)c1ccn2c(-c3cc(OC)c(C(=O)CC4CC4)c(OC(F)F)c3)cnc2c1. The first-order valence-corrected chi connectivity index (χ1v) is 11.8. The Kier molecular flexibility index (Phi) is 7.16. The number of hydrogen-bond acceptors (Lipinski definition) is 5. The van der Waals surface area contributed by atoms with Gasteiger partial charge in [-0.15, -0.1) is 0 Å². The van der Waals surface area contributed by atoms with Gasteiger partial charge in [0.1, 0.15) is 22.7 Å². The molecule has 0 amide bonds. The van der Waals surface area contributed by atoms with E-state index in [0.717, 1.165) is 37.1 Å². The van der Waals surface area contributed by atoms with Gasteiger partial charge in [0.05, 0.1) is 19.0 Å².